The Balaban J connectivity index is 1.99. The summed E-state index contributed by atoms with van der Waals surface area (Å²) in [5.41, 5.74) is 1.11. The molecule has 0 aliphatic heterocycles. The molecule has 1 aromatic carbocycles. The molecule has 0 aliphatic rings. The number of aliphatic hydroxyl groups excluding tert-OH is 1. The van der Waals surface area contributed by atoms with Gasteiger partial charge in [-0.2, -0.15) is 0 Å². The Labute approximate surface area is 128 Å². The molecule has 2 amide bonds. The molecule has 0 saturated heterocycles. The van der Waals surface area contributed by atoms with Crippen molar-refractivity contribution in [3.8, 4) is 10.6 Å². The minimum absolute atomic E-state index is 0.0973. The number of carbonyl (C=O) groups excluding carboxylic acids is 1. The second-order valence-electron chi connectivity index (χ2n) is 5.07. The van der Waals surface area contributed by atoms with E-state index >= 15 is 0 Å². The van der Waals surface area contributed by atoms with E-state index in [-0.39, 0.29) is 12.6 Å². The Kier molecular flexibility index (Phi) is 4.93. The van der Waals surface area contributed by atoms with Crippen molar-refractivity contribution in [1.29, 1.82) is 0 Å². The monoisotopic (exact) mass is 305 g/mol. The number of carbonyl (C=O) groups is 1. The fourth-order valence-corrected chi connectivity index (χ4v) is 2.38. The first-order valence-corrected chi connectivity index (χ1v) is 7.64. The average molecular weight is 305 g/mol. The Hall–Kier alpha value is -1.92. The van der Waals surface area contributed by atoms with Gasteiger partial charge in [-0.25, -0.2) is 9.78 Å². The van der Waals surface area contributed by atoms with E-state index in [0.717, 1.165) is 10.6 Å². The SMILES string of the molecule is CCC(C)(CO)NC(=O)Nc1ccc(-c2nccs2)cc1. The quantitative estimate of drug-likeness (QED) is 0.794. The van der Waals surface area contributed by atoms with Crippen LogP contribution in [0.25, 0.3) is 10.6 Å². The van der Waals surface area contributed by atoms with Gasteiger partial charge in [0.25, 0.3) is 0 Å². The van der Waals surface area contributed by atoms with Gasteiger partial charge in [0.2, 0.25) is 0 Å². The number of urea groups is 1. The van der Waals surface area contributed by atoms with Crippen molar-refractivity contribution in [2.24, 2.45) is 0 Å². The highest BCUT2D eigenvalue weighted by molar-refractivity contribution is 7.13. The van der Waals surface area contributed by atoms with Crippen molar-refractivity contribution in [2.75, 3.05) is 11.9 Å². The van der Waals surface area contributed by atoms with Crippen LogP contribution in [0.4, 0.5) is 10.5 Å². The van der Waals surface area contributed by atoms with Crippen LogP contribution in [0.5, 0.6) is 0 Å². The van der Waals surface area contributed by atoms with Gasteiger partial charge in [-0.05, 0) is 37.6 Å². The highest BCUT2D eigenvalue weighted by Gasteiger charge is 2.23. The van der Waals surface area contributed by atoms with Gasteiger partial charge >= 0.3 is 6.03 Å². The minimum atomic E-state index is -0.606. The Bertz CT molecular complexity index is 577. The molecule has 1 atom stereocenters. The average Bonchev–Trinajstić information content (AvgIpc) is 3.02. The lowest BCUT2D eigenvalue weighted by molar-refractivity contribution is 0.172. The van der Waals surface area contributed by atoms with Gasteiger partial charge in [0.15, 0.2) is 0 Å². The zero-order chi connectivity index (χ0) is 15.3. The minimum Gasteiger partial charge on any atom is -0.394 e. The van der Waals surface area contributed by atoms with Crippen LogP contribution in [0.1, 0.15) is 20.3 Å². The summed E-state index contributed by atoms with van der Waals surface area (Å²) in [6.07, 6.45) is 2.42. The third kappa shape index (κ3) is 4.03. The Morgan fingerprint density at radius 3 is 2.62 bits per heavy atom. The predicted molar refractivity (Wildman–Crippen MR) is 85.5 cm³/mol. The maximum Gasteiger partial charge on any atom is 0.319 e. The molecule has 112 valence electrons. The second-order valence-corrected chi connectivity index (χ2v) is 5.96. The summed E-state index contributed by atoms with van der Waals surface area (Å²) in [5, 5.41) is 17.7. The third-order valence-corrected chi connectivity index (χ3v) is 4.19. The number of hydrogen-bond donors (Lipinski definition) is 3. The molecule has 0 saturated carbocycles. The van der Waals surface area contributed by atoms with Crippen LogP contribution in [0.3, 0.4) is 0 Å². The maximum atomic E-state index is 11.9. The number of hydrogen-bond acceptors (Lipinski definition) is 4. The van der Waals surface area contributed by atoms with Gasteiger partial charge in [0.1, 0.15) is 5.01 Å². The lowest BCUT2D eigenvalue weighted by Crippen LogP contribution is -2.50. The summed E-state index contributed by atoms with van der Waals surface area (Å²) >= 11 is 1.57. The number of nitrogens with zero attached hydrogens (tertiary/aromatic N) is 1. The van der Waals surface area contributed by atoms with Crippen LogP contribution >= 0.6 is 11.3 Å². The Morgan fingerprint density at radius 1 is 1.38 bits per heavy atom. The molecule has 2 aromatic rings. The molecule has 1 aromatic heterocycles. The van der Waals surface area contributed by atoms with Crippen LogP contribution in [0.15, 0.2) is 35.8 Å². The molecule has 0 radical (unpaired) electrons. The van der Waals surface area contributed by atoms with Crippen LogP contribution in [-0.2, 0) is 0 Å². The van der Waals surface area contributed by atoms with E-state index in [1.165, 1.54) is 0 Å². The van der Waals surface area contributed by atoms with Gasteiger partial charge in [-0.1, -0.05) is 6.92 Å². The van der Waals surface area contributed by atoms with E-state index < -0.39 is 5.54 Å². The number of aromatic nitrogens is 1. The van der Waals surface area contributed by atoms with Crippen molar-refractivity contribution in [1.82, 2.24) is 10.3 Å². The predicted octanol–water partition coefficient (Wildman–Crippen LogP) is 3.09. The first-order chi connectivity index (χ1) is 10.1. The number of benzene rings is 1. The summed E-state index contributed by atoms with van der Waals surface area (Å²) in [6, 6.07) is 7.17. The molecule has 3 N–H and O–H groups in total. The summed E-state index contributed by atoms with van der Waals surface area (Å²) < 4.78 is 0. The number of nitrogens with one attached hydrogen (secondary N) is 2. The van der Waals surface area contributed by atoms with Gasteiger partial charge in [0.05, 0.1) is 12.1 Å². The number of anilines is 1. The molecule has 0 aliphatic carbocycles. The van der Waals surface area contributed by atoms with E-state index in [1.54, 1.807) is 24.5 Å². The summed E-state index contributed by atoms with van der Waals surface area (Å²) in [4.78, 5) is 16.2. The fraction of sp³-hybridized carbons (Fsp3) is 0.333. The third-order valence-electron chi connectivity index (χ3n) is 3.37. The maximum absolute atomic E-state index is 11.9. The highest BCUT2D eigenvalue weighted by atomic mass is 32.1. The largest absolute Gasteiger partial charge is 0.394 e. The number of amides is 2. The van der Waals surface area contributed by atoms with E-state index in [2.05, 4.69) is 15.6 Å². The van der Waals surface area contributed by atoms with Gasteiger partial charge in [-0.15, -0.1) is 11.3 Å². The first kappa shape index (κ1) is 15.5. The lowest BCUT2D eigenvalue weighted by atomic mass is 10.0. The topological polar surface area (TPSA) is 74.2 Å². The molecular formula is C15H19N3O2S. The standard InChI is InChI=1S/C15H19N3O2S/c1-3-15(2,10-19)18-14(20)17-12-6-4-11(5-7-12)13-16-8-9-21-13/h4-9,19H,3,10H2,1-2H3,(H2,17,18,20). The molecule has 0 bridgehead atoms. The van der Waals surface area contributed by atoms with E-state index in [4.69, 9.17) is 0 Å². The number of thiazole rings is 1. The van der Waals surface area contributed by atoms with Crippen molar-refractivity contribution in [3.63, 3.8) is 0 Å². The molecular weight excluding hydrogens is 286 g/mol. The van der Waals surface area contributed by atoms with Gasteiger partial charge < -0.3 is 15.7 Å². The first-order valence-electron chi connectivity index (χ1n) is 6.76. The smallest absolute Gasteiger partial charge is 0.319 e. The summed E-state index contributed by atoms with van der Waals surface area (Å²) in [7, 11) is 0. The van der Waals surface area contributed by atoms with Gasteiger partial charge in [0, 0.05) is 22.8 Å². The van der Waals surface area contributed by atoms with Crippen molar-refractivity contribution >= 4 is 23.1 Å². The van der Waals surface area contributed by atoms with E-state index in [0.29, 0.717) is 12.1 Å². The molecule has 2 rings (SSSR count). The van der Waals surface area contributed by atoms with E-state index in [1.807, 2.05) is 36.6 Å². The molecule has 5 nitrogen and oxygen atoms in total. The van der Waals surface area contributed by atoms with E-state index in [9.17, 15) is 9.90 Å². The van der Waals surface area contributed by atoms with Gasteiger partial charge in [-0.3, -0.25) is 0 Å². The molecule has 0 fully saturated rings. The normalized spacial score (nSPS) is 13.5. The van der Waals surface area contributed by atoms with Crippen molar-refractivity contribution < 1.29 is 9.90 Å². The highest BCUT2D eigenvalue weighted by Crippen LogP contribution is 2.23. The van der Waals surface area contributed by atoms with Crippen molar-refractivity contribution in [3.05, 3.63) is 35.8 Å². The summed E-state index contributed by atoms with van der Waals surface area (Å²) in [6.45, 7) is 3.62. The zero-order valence-corrected chi connectivity index (χ0v) is 12.9. The van der Waals surface area contributed by atoms with Crippen LogP contribution < -0.4 is 10.6 Å². The number of rotatable bonds is 5. The van der Waals surface area contributed by atoms with Crippen LogP contribution in [-0.4, -0.2) is 28.3 Å². The summed E-state index contributed by atoms with van der Waals surface area (Å²) in [5.74, 6) is 0. The fourth-order valence-electron chi connectivity index (χ4n) is 1.74. The van der Waals surface area contributed by atoms with Crippen molar-refractivity contribution in [2.45, 2.75) is 25.8 Å². The Morgan fingerprint density at radius 2 is 2.10 bits per heavy atom. The number of aliphatic hydroxyl groups is 1. The molecule has 6 heteroatoms. The lowest BCUT2D eigenvalue weighted by Gasteiger charge is -2.27. The van der Waals surface area contributed by atoms with Crippen LogP contribution in [0, 0.1) is 0 Å². The molecule has 1 heterocycles. The molecule has 0 spiro atoms. The molecule has 21 heavy (non-hydrogen) atoms. The zero-order valence-electron chi connectivity index (χ0n) is 12.1. The van der Waals surface area contributed by atoms with Crippen LogP contribution in [0.2, 0.25) is 0 Å². The second kappa shape index (κ2) is 6.69. The molecule has 1 unspecified atom stereocenters.